The van der Waals surface area contributed by atoms with E-state index in [4.69, 9.17) is 40.9 Å². The topological polar surface area (TPSA) is 138 Å². The number of hydrogen-bond acceptors (Lipinski definition) is 7. The van der Waals surface area contributed by atoms with Gasteiger partial charge in [-0.2, -0.15) is 26.3 Å². The molecule has 2 aromatic rings. The van der Waals surface area contributed by atoms with Gasteiger partial charge in [0, 0.05) is 43.6 Å². The third-order valence-electron chi connectivity index (χ3n) is 6.02. The van der Waals surface area contributed by atoms with E-state index in [0.29, 0.717) is 25.3 Å². The van der Waals surface area contributed by atoms with Crippen LogP contribution >= 0.6 is 11.6 Å². The van der Waals surface area contributed by atoms with Crippen LogP contribution in [0.4, 0.5) is 26.3 Å². The number of hydrogen-bond donors (Lipinski definition) is 3. The maximum Gasteiger partial charge on any atom is 0.490 e. The van der Waals surface area contributed by atoms with Crippen molar-refractivity contribution in [3.63, 3.8) is 0 Å². The molecule has 17 heteroatoms. The minimum absolute atomic E-state index is 0.0144. The number of benzene rings is 1. The second-order valence-electron chi connectivity index (χ2n) is 9.37. The summed E-state index contributed by atoms with van der Waals surface area (Å²) in [5.41, 5.74) is 1.34. The zero-order chi connectivity index (χ0) is 32.3. The highest BCUT2D eigenvalue weighted by atomic mass is 35.5. The van der Waals surface area contributed by atoms with Gasteiger partial charge < -0.3 is 25.0 Å². The smallest absolute Gasteiger partial charge is 0.475 e. The second-order valence-corrected chi connectivity index (χ2v) is 9.78. The first kappa shape index (κ1) is 35.7. The molecule has 10 nitrogen and oxygen atoms in total. The number of nitrogens with one attached hydrogen (secondary N) is 1. The Morgan fingerprint density at radius 2 is 1.67 bits per heavy atom. The van der Waals surface area contributed by atoms with Gasteiger partial charge in [-0.1, -0.05) is 29.8 Å². The van der Waals surface area contributed by atoms with Crippen LogP contribution in [0.1, 0.15) is 28.8 Å². The van der Waals surface area contributed by atoms with Crippen LogP contribution in [-0.4, -0.2) is 94.8 Å². The average molecular weight is 644 g/mol. The van der Waals surface area contributed by atoms with E-state index in [1.54, 1.807) is 24.5 Å². The number of aliphatic carboxylic acids is 2. The van der Waals surface area contributed by atoms with Crippen molar-refractivity contribution in [2.75, 3.05) is 32.8 Å². The number of nitrogens with zero attached hydrogens (tertiary/aromatic N) is 2. The van der Waals surface area contributed by atoms with Gasteiger partial charge in [-0.05, 0) is 36.6 Å². The van der Waals surface area contributed by atoms with Crippen LogP contribution in [0.5, 0.6) is 0 Å². The molecule has 3 heterocycles. The van der Waals surface area contributed by atoms with Gasteiger partial charge in [-0.3, -0.25) is 14.7 Å². The zero-order valence-electron chi connectivity index (χ0n) is 22.3. The van der Waals surface area contributed by atoms with E-state index >= 15 is 0 Å². The lowest BCUT2D eigenvalue weighted by Crippen LogP contribution is -2.45. The number of carboxylic acid groups (broad SMARTS) is 2. The molecule has 1 aromatic heterocycles. The van der Waals surface area contributed by atoms with E-state index in [1.807, 2.05) is 18.2 Å². The van der Waals surface area contributed by atoms with Crippen molar-refractivity contribution in [2.45, 2.75) is 43.4 Å². The first-order valence-electron chi connectivity index (χ1n) is 12.5. The number of rotatable bonds is 5. The third-order valence-corrected chi connectivity index (χ3v) is 6.39. The highest BCUT2D eigenvalue weighted by Crippen LogP contribution is 2.33. The fraction of sp³-hybridized carbons (Fsp3) is 0.462. The molecule has 0 aliphatic carbocycles. The second kappa shape index (κ2) is 15.8. The Kier molecular flexibility index (Phi) is 13.2. The molecule has 2 aliphatic rings. The molecular weight excluding hydrogens is 616 g/mol. The Labute approximate surface area is 246 Å². The number of halogens is 7. The first-order valence-corrected chi connectivity index (χ1v) is 12.9. The standard InChI is InChI=1S/C22H26ClN3O3.2C2HF3O2/c23-20-6-2-1-4-18(20)14-26-10-11-28-16-22(15-26)8-7-19(29-22)13-25-21(27)17-5-3-9-24-12-17;2*3-2(4,5)1(6)7/h1-6,9,12,19H,7-8,10-11,13-16H2,(H,25,27);2*(H,6,7)/t19-,22-;;/m1../s1. The van der Waals surface area contributed by atoms with Crippen LogP contribution in [0, 0.1) is 0 Å². The summed E-state index contributed by atoms with van der Waals surface area (Å²) in [5.74, 6) is -5.64. The Hall–Kier alpha value is -3.47. The van der Waals surface area contributed by atoms with Gasteiger partial charge in [0.05, 0.1) is 24.9 Å². The fourth-order valence-corrected chi connectivity index (χ4v) is 4.25. The summed E-state index contributed by atoms with van der Waals surface area (Å²) in [4.78, 5) is 36.4. The number of amides is 1. The first-order chi connectivity index (χ1) is 20.0. The van der Waals surface area contributed by atoms with Gasteiger partial charge in [0.1, 0.15) is 5.60 Å². The van der Waals surface area contributed by atoms with Gasteiger partial charge in [-0.25, -0.2) is 9.59 Å². The molecule has 3 N–H and O–H groups in total. The van der Waals surface area contributed by atoms with Gasteiger partial charge in [0.25, 0.3) is 5.91 Å². The van der Waals surface area contributed by atoms with Crippen LogP contribution in [-0.2, 0) is 25.6 Å². The molecule has 0 radical (unpaired) electrons. The zero-order valence-corrected chi connectivity index (χ0v) is 23.1. The molecule has 2 atom stereocenters. The van der Waals surface area contributed by atoms with Gasteiger partial charge >= 0.3 is 24.3 Å². The Morgan fingerprint density at radius 3 is 2.23 bits per heavy atom. The molecule has 0 saturated carbocycles. The minimum atomic E-state index is -5.08. The average Bonchev–Trinajstić information content (AvgIpc) is 3.22. The lowest BCUT2D eigenvalue weighted by atomic mass is 10.00. The summed E-state index contributed by atoms with van der Waals surface area (Å²) < 4.78 is 75.8. The predicted molar refractivity (Wildman–Crippen MR) is 138 cm³/mol. The highest BCUT2D eigenvalue weighted by molar-refractivity contribution is 6.31. The van der Waals surface area contributed by atoms with Crippen LogP contribution < -0.4 is 5.32 Å². The predicted octanol–water partition coefficient (Wildman–Crippen LogP) is 4.18. The summed E-state index contributed by atoms with van der Waals surface area (Å²) in [7, 11) is 0. The normalized spacial score (nSPS) is 20.6. The molecule has 2 saturated heterocycles. The van der Waals surface area contributed by atoms with Crippen molar-refractivity contribution in [1.82, 2.24) is 15.2 Å². The lowest BCUT2D eigenvalue weighted by molar-refractivity contribution is -0.193. The monoisotopic (exact) mass is 643 g/mol. The molecule has 1 spiro atoms. The van der Waals surface area contributed by atoms with E-state index < -0.39 is 24.3 Å². The van der Waals surface area contributed by atoms with E-state index in [9.17, 15) is 31.1 Å². The Bertz CT molecular complexity index is 1200. The van der Waals surface area contributed by atoms with E-state index in [0.717, 1.165) is 43.1 Å². The van der Waals surface area contributed by atoms with Crippen molar-refractivity contribution in [2.24, 2.45) is 0 Å². The molecule has 2 fully saturated rings. The maximum absolute atomic E-state index is 12.3. The summed E-state index contributed by atoms with van der Waals surface area (Å²) >= 11 is 6.35. The SMILES string of the molecule is O=C(NC[C@H]1CC[C@@]2(COCCN(Cc3ccccc3Cl)C2)O1)c1cccnc1.O=C(O)C(F)(F)F.O=C(O)C(F)(F)F. The molecule has 2 aliphatic heterocycles. The summed E-state index contributed by atoms with van der Waals surface area (Å²) in [6.07, 6.45) is -5.14. The van der Waals surface area contributed by atoms with Gasteiger partial charge in [0.15, 0.2) is 0 Å². The largest absolute Gasteiger partial charge is 0.490 e. The van der Waals surface area contributed by atoms with Crippen LogP contribution in [0.3, 0.4) is 0 Å². The van der Waals surface area contributed by atoms with Crippen molar-refractivity contribution < 1.29 is 60.4 Å². The minimum Gasteiger partial charge on any atom is -0.475 e. The van der Waals surface area contributed by atoms with E-state index in [1.165, 1.54) is 0 Å². The maximum atomic E-state index is 12.3. The molecule has 1 aromatic carbocycles. The van der Waals surface area contributed by atoms with E-state index in [2.05, 4.69) is 21.3 Å². The fourth-order valence-electron chi connectivity index (χ4n) is 4.05. The van der Waals surface area contributed by atoms with Gasteiger partial charge in [-0.15, -0.1) is 0 Å². The van der Waals surface area contributed by atoms with Crippen LogP contribution in [0.2, 0.25) is 5.02 Å². The molecule has 4 rings (SSSR count). The van der Waals surface area contributed by atoms with Crippen LogP contribution in [0.15, 0.2) is 48.8 Å². The number of carbonyl (C=O) groups is 3. The summed E-state index contributed by atoms with van der Waals surface area (Å²) in [6, 6.07) is 11.5. The van der Waals surface area contributed by atoms with Crippen LogP contribution in [0.25, 0.3) is 0 Å². The van der Waals surface area contributed by atoms with Crippen molar-refractivity contribution in [1.29, 1.82) is 0 Å². The third kappa shape index (κ3) is 12.3. The summed E-state index contributed by atoms with van der Waals surface area (Å²) in [6.45, 7) is 4.16. The number of pyridine rings is 1. The Morgan fingerprint density at radius 1 is 1.05 bits per heavy atom. The van der Waals surface area contributed by atoms with E-state index in [-0.39, 0.29) is 17.6 Å². The molecule has 238 valence electrons. The molecule has 0 unspecified atom stereocenters. The van der Waals surface area contributed by atoms with Gasteiger partial charge in [0.2, 0.25) is 0 Å². The number of carbonyl (C=O) groups excluding carboxylic acids is 1. The molecule has 43 heavy (non-hydrogen) atoms. The summed E-state index contributed by atoms with van der Waals surface area (Å²) in [5, 5.41) is 18.0. The number of aromatic nitrogens is 1. The number of ether oxygens (including phenoxy) is 2. The molecule has 1 amide bonds. The number of alkyl halides is 6. The molecular formula is C26H28ClF6N3O7. The lowest BCUT2D eigenvalue weighted by Gasteiger charge is -2.32. The molecule has 0 bridgehead atoms. The number of carboxylic acids is 2. The highest BCUT2D eigenvalue weighted by Gasteiger charge is 2.43. The van der Waals surface area contributed by atoms with Crippen molar-refractivity contribution in [3.05, 3.63) is 64.9 Å². The Balaban J connectivity index is 0.000000384. The van der Waals surface area contributed by atoms with Crippen molar-refractivity contribution >= 4 is 29.4 Å². The van der Waals surface area contributed by atoms with Crippen molar-refractivity contribution in [3.8, 4) is 0 Å². The quantitative estimate of drug-likeness (QED) is 0.410.